The van der Waals surface area contributed by atoms with Crippen LogP contribution < -0.4 is 5.32 Å². The Balaban J connectivity index is 1.88. The zero-order valence-corrected chi connectivity index (χ0v) is 13.0. The molecule has 0 heterocycles. The van der Waals surface area contributed by atoms with Crippen LogP contribution in [0.25, 0.3) is 0 Å². The summed E-state index contributed by atoms with van der Waals surface area (Å²) in [5.74, 6) is 1.83. The standard InChI is InChI=1S/C17H33N/c1-13(2)14-8-7-9-15(12-14)18-16-10-5-6-11-17(16,3)4/h13-16,18H,5-12H2,1-4H3. The second-order valence-corrected chi connectivity index (χ2v) is 7.82. The third kappa shape index (κ3) is 3.50. The summed E-state index contributed by atoms with van der Waals surface area (Å²) < 4.78 is 0. The smallest absolute Gasteiger partial charge is 0.0121 e. The zero-order chi connectivity index (χ0) is 13.2. The second kappa shape index (κ2) is 5.94. The van der Waals surface area contributed by atoms with Crippen LogP contribution >= 0.6 is 0 Å². The lowest BCUT2D eigenvalue weighted by Gasteiger charge is -2.43. The van der Waals surface area contributed by atoms with Gasteiger partial charge in [-0.1, -0.05) is 53.4 Å². The lowest BCUT2D eigenvalue weighted by Crippen LogP contribution is -2.50. The Morgan fingerprint density at radius 3 is 2.44 bits per heavy atom. The molecule has 1 nitrogen and oxygen atoms in total. The van der Waals surface area contributed by atoms with E-state index in [0.717, 1.165) is 23.9 Å². The third-order valence-corrected chi connectivity index (χ3v) is 5.60. The predicted octanol–water partition coefficient (Wildman–Crippen LogP) is 4.76. The first-order chi connectivity index (χ1) is 8.49. The van der Waals surface area contributed by atoms with E-state index in [2.05, 4.69) is 33.0 Å². The van der Waals surface area contributed by atoms with Crippen LogP contribution in [-0.2, 0) is 0 Å². The van der Waals surface area contributed by atoms with Crippen LogP contribution in [-0.4, -0.2) is 12.1 Å². The van der Waals surface area contributed by atoms with Crippen molar-refractivity contribution in [2.45, 2.75) is 91.1 Å². The van der Waals surface area contributed by atoms with Crippen LogP contribution in [0, 0.1) is 17.3 Å². The molecule has 2 rings (SSSR count). The summed E-state index contributed by atoms with van der Waals surface area (Å²) in [4.78, 5) is 0. The van der Waals surface area contributed by atoms with Gasteiger partial charge in [0.2, 0.25) is 0 Å². The van der Waals surface area contributed by atoms with Crippen LogP contribution in [0.1, 0.15) is 79.1 Å². The van der Waals surface area contributed by atoms with E-state index in [4.69, 9.17) is 0 Å². The Bertz CT molecular complexity index is 256. The summed E-state index contributed by atoms with van der Waals surface area (Å²) in [5.41, 5.74) is 0.517. The Morgan fingerprint density at radius 2 is 1.78 bits per heavy atom. The Kier molecular flexibility index (Phi) is 4.75. The van der Waals surface area contributed by atoms with Crippen molar-refractivity contribution in [1.82, 2.24) is 5.32 Å². The second-order valence-electron chi connectivity index (χ2n) is 7.82. The molecule has 0 radical (unpaired) electrons. The number of hydrogen-bond donors (Lipinski definition) is 1. The van der Waals surface area contributed by atoms with Gasteiger partial charge in [0.05, 0.1) is 0 Å². The molecule has 106 valence electrons. The molecule has 1 N–H and O–H groups in total. The maximum absolute atomic E-state index is 4.03. The molecule has 1 heteroatoms. The van der Waals surface area contributed by atoms with Crippen molar-refractivity contribution in [3.63, 3.8) is 0 Å². The fourth-order valence-electron chi connectivity index (χ4n) is 4.07. The Labute approximate surface area is 114 Å². The van der Waals surface area contributed by atoms with Gasteiger partial charge >= 0.3 is 0 Å². The topological polar surface area (TPSA) is 12.0 Å². The van der Waals surface area contributed by atoms with Gasteiger partial charge in [0.25, 0.3) is 0 Å². The van der Waals surface area contributed by atoms with E-state index in [0.29, 0.717) is 5.41 Å². The highest BCUT2D eigenvalue weighted by molar-refractivity contribution is 4.91. The van der Waals surface area contributed by atoms with Crippen LogP contribution in [0.5, 0.6) is 0 Å². The van der Waals surface area contributed by atoms with Gasteiger partial charge in [-0.3, -0.25) is 0 Å². The number of hydrogen-bond acceptors (Lipinski definition) is 1. The molecule has 0 spiro atoms. The van der Waals surface area contributed by atoms with Gasteiger partial charge in [0.15, 0.2) is 0 Å². The SMILES string of the molecule is CC(C)C1CCCC(NC2CCCCC2(C)C)C1. The molecular formula is C17H33N. The summed E-state index contributed by atoms with van der Waals surface area (Å²) >= 11 is 0. The molecule has 0 amide bonds. The molecule has 18 heavy (non-hydrogen) atoms. The van der Waals surface area contributed by atoms with Crippen molar-refractivity contribution in [2.24, 2.45) is 17.3 Å². The minimum absolute atomic E-state index is 0.517. The minimum atomic E-state index is 0.517. The van der Waals surface area contributed by atoms with Crippen molar-refractivity contribution in [3.8, 4) is 0 Å². The molecule has 3 atom stereocenters. The number of rotatable bonds is 3. The van der Waals surface area contributed by atoms with E-state index in [1.54, 1.807) is 0 Å². The van der Waals surface area contributed by atoms with E-state index in [-0.39, 0.29) is 0 Å². The molecule has 2 fully saturated rings. The maximum atomic E-state index is 4.03. The highest BCUT2D eigenvalue weighted by atomic mass is 15.0. The first kappa shape index (κ1) is 14.4. The minimum Gasteiger partial charge on any atom is -0.311 e. The van der Waals surface area contributed by atoms with Gasteiger partial charge < -0.3 is 5.32 Å². The Morgan fingerprint density at radius 1 is 1.00 bits per heavy atom. The molecule has 0 aliphatic heterocycles. The van der Waals surface area contributed by atoms with Crippen molar-refractivity contribution in [3.05, 3.63) is 0 Å². The Hall–Kier alpha value is -0.0400. The summed E-state index contributed by atoms with van der Waals surface area (Å²) in [5, 5.41) is 4.03. The van der Waals surface area contributed by atoms with E-state index in [1.165, 1.54) is 51.4 Å². The number of nitrogens with one attached hydrogen (secondary N) is 1. The van der Waals surface area contributed by atoms with Crippen molar-refractivity contribution >= 4 is 0 Å². The van der Waals surface area contributed by atoms with E-state index < -0.39 is 0 Å². The highest BCUT2D eigenvalue weighted by Gasteiger charge is 2.34. The predicted molar refractivity (Wildman–Crippen MR) is 79.8 cm³/mol. The first-order valence-corrected chi connectivity index (χ1v) is 8.25. The lowest BCUT2D eigenvalue weighted by molar-refractivity contribution is 0.131. The first-order valence-electron chi connectivity index (χ1n) is 8.25. The van der Waals surface area contributed by atoms with Crippen molar-refractivity contribution in [1.29, 1.82) is 0 Å². The summed E-state index contributed by atoms with van der Waals surface area (Å²) in [6, 6.07) is 1.57. The highest BCUT2D eigenvalue weighted by Crippen LogP contribution is 2.37. The van der Waals surface area contributed by atoms with Crippen LogP contribution in [0.15, 0.2) is 0 Å². The zero-order valence-electron chi connectivity index (χ0n) is 13.0. The van der Waals surface area contributed by atoms with Crippen LogP contribution in [0.4, 0.5) is 0 Å². The molecule has 0 bridgehead atoms. The molecule has 0 aromatic rings. The molecule has 3 unspecified atom stereocenters. The van der Waals surface area contributed by atoms with Gasteiger partial charge in [0, 0.05) is 12.1 Å². The maximum Gasteiger partial charge on any atom is 0.0121 e. The molecule has 0 aromatic heterocycles. The summed E-state index contributed by atoms with van der Waals surface area (Å²) in [7, 11) is 0. The monoisotopic (exact) mass is 251 g/mol. The van der Waals surface area contributed by atoms with Crippen LogP contribution in [0.3, 0.4) is 0 Å². The molecule has 2 aliphatic rings. The largest absolute Gasteiger partial charge is 0.311 e. The van der Waals surface area contributed by atoms with Gasteiger partial charge in [-0.15, -0.1) is 0 Å². The van der Waals surface area contributed by atoms with Crippen LogP contribution in [0.2, 0.25) is 0 Å². The molecule has 0 aromatic carbocycles. The van der Waals surface area contributed by atoms with E-state index in [9.17, 15) is 0 Å². The van der Waals surface area contributed by atoms with Crippen molar-refractivity contribution in [2.75, 3.05) is 0 Å². The third-order valence-electron chi connectivity index (χ3n) is 5.60. The quantitative estimate of drug-likeness (QED) is 0.762. The fraction of sp³-hybridized carbons (Fsp3) is 1.00. The van der Waals surface area contributed by atoms with E-state index >= 15 is 0 Å². The molecule has 0 saturated heterocycles. The fourth-order valence-corrected chi connectivity index (χ4v) is 4.07. The average Bonchev–Trinajstić information content (AvgIpc) is 2.32. The average molecular weight is 251 g/mol. The molecule has 2 saturated carbocycles. The van der Waals surface area contributed by atoms with Crippen molar-refractivity contribution < 1.29 is 0 Å². The van der Waals surface area contributed by atoms with E-state index in [1.807, 2.05) is 0 Å². The van der Waals surface area contributed by atoms with Gasteiger partial charge in [-0.25, -0.2) is 0 Å². The molecule has 2 aliphatic carbocycles. The van der Waals surface area contributed by atoms with Gasteiger partial charge in [-0.2, -0.15) is 0 Å². The van der Waals surface area contributed by atoms with Gasteiger partial charge in [-0.05, 0) is 42.9 Å². The normalized spacial score (nSPS) is 36.8. The lowest BCUT2D eigenvalue weighted by atomic mass is 9.72. The molecular weight excluding hydrogens is 218 g/mol. The summed E-state index contributed by atoms with van der Waals surface area (Å²) in [6.07, 6.45) is 11.4. The summed E-state index contributed by atoms with van der Waals surface area (Å²) in [6.45, 7) is 9.73. The van der Waals surface area contributed by atoms with Gasteiger partial charge in [0.1, 0.15) is 0 Å².